The second kappa shape index (κ2) is 8.39. The van der Waals surface area contributed by atoms with Crippen LogP contribution in [-0.4, -0.2) is 31.2 Å². The maximum atomic E-state index is 12.6. The van der Waals surface area contributed by atoms with Gasteiger partial charge in [-0.1, -0.05) is 12.1 Å². The normalized spacial score (nSPS) is 10.4. The van der Waals surface area contributed by atoms with Gasteiger partial charge in [0, 0.05) is 23.7 Å². The average Bonchev–Trinajstić information content (AvgIpc) is 2.71. The molecule has 0 fully saturated rings. The molecule has 0 saturated carbocycles. The summed E-state index contributed by atoms with van der Waals surface area (Å²) in [4.78, 5) is 28.3. The van der Waals surface area contributed by atoms with Crippen LogP contribution in [0.4, 0.5) is 10.5 Å². The van der Waals surface area contributed by atoms with Crippen LogP contribution in [0.5, 0.6) is 5.75 Å². The molecule has 3 aromatic rings. The van der Waals surface area contributed by atoms with Crippen molar-refractivity contribution in [1.29, 1.82) is 0 Å². The molecule has 144 valence electrons. The van der Waals surface area contributed by atoms with Crippen molar-refractivity contribution in [2.24, 2.45) is 0 Å². The predicted octanol–water partition coefficient (Wildman–Crippen LogP) is 3.66. The molecule has 0 spiro atoms. The minimum Gasteiger partial charge on any atom is -0.497 e. The molecule has 0 aliphatic heterocycles. The number of amides is 2. The second-order valence-electron chi connectivity index (χ2n) is 6.18. The molecule has 28 heavy (non-hydrogen) atoms. The molecule has 1 heterocycles. The number of hydrogen-bond acceptors (Lipinski definition) is 5. The molecule has 2 aromatic carbocycles. The van der Waals surface area contributed by atoms with Gasteiger partial charge in [0.1, 0.15) is 5.75 Å². The lowest BCUT2D eigenvalue weighted by molar-refractivity contribution is 0.0950. The van der Waals surface area contributed by atoms with Gasteiger partial charge in [-0.2, -0.15) is 0 Å². The first-order valence-corrected chi connectivity index (χ1v) is 8.67. The molecule has 0 unspecified atom stereocenters. The van der Waals surface area contributed by atoms with E-state index < -0.39 is 6.09 Å². The molecule has 2 amide bonds. The highest BCUT2D eigenvalue weighted by atomic mass is 16.5. The number of methoxy groups -OCH3 is 2. The molecule has 0 bridgehead atoms. The van der Waals surface area contributed by atoms with E-state index in [0.717, 1.165) is 22.2 Å². The Labute approximate surface area is 162 Å². The lowest BCUT2D eigenvalue weighted by Crippen LogP contribution is -2.24. The Morgan fingerprint density at radius 2 is 1.79 bits per heavy atom. The lowest BCUT2D eigenvalue weighted by Gasteiger charge is -2.10. The Hall–Kier alpha value is -3.61. The standard InChI is InChI=1S/C21H21N3O4/c1-13-18(10-15-6-9-17(27-2)11-19(15)23-13)20(25)22-12-14-4-7-16(8-5-14)24-21(26)28-3/h4-11H,12H2,1-3H3,(H,22,25)(H,24,26). The smallest absolute Gasteiger partial charge is 0.411 e. The number of pyridine rings is 1. The SMILES string of the molecule is COC(=O)Nc1ccc(CNC(=O)c2cc3ccc(OC)cc3nc2C)cc1. The maximum absolute atomic E-state index is 12.6. The number of rotatable bonds is 5. The van der Waals surface area contributed by atoms with Crippen LogP contribution in [0.3, 0.4) is 0 Å². The molecule has 0 saturated heterocycles. The molecular formula is C21H21N3O4. The third kappa shape index (κ3) is 4.37. The summed E-state index contributed by atoms with van der Waals surface area (Å²) in [5.74, 6) is 0.529. The number of benzene rings is 2. The molecule has 1 aromatic heterocycles. The fourth-order valence-corrected chi connectivity index (χ4v) is 2.75. The molecule has 0 aliphatic rings. The van der Waals surface area contributed by atoms with E-state index in [9.17, 15) is 9.59 Å². The number of anilines is 1. The third-order valence-corrected chi connectivity index (χ3v) is 4.30. The fourth-order valence-electron chi connectivity index (χ4n) is 2.75. The van der Waals surface area contributed by atoms with Gasteiger partial charge >= 0.3 is 6.09 Å². The Bertz CT molecular complexity index is 1020. The van der Waals surface area contributed by atoms with Crippen molar-refractivity contribution in [2.75, 3.05) is 19.5 Å². The number of aryl methyl sites for hydroxylation is 1. The van der Waals surface area contributed by atoms with E-state index in [1.165, 1.54) is 7.11 Å². The number of carbonyl (C=O) groups is 2. The fraction of sp³-hybridized carbons (Fsp3) is 0.190. The van der Waals surface area contributed by atoms with E-state index in [2.05, 4.69) is 20.4 Å². The maximum Gasteiger partial charge on any atom is 0.411 e. The first kappa shape index (κ1) is 19.2. The van der Waals surface area contributed by atoms with Crippen LogP contribution in [0.15, 0.2) is 48.5 Å². The number of ether oxygens (including phenoxy) is 2. The summed E-state index contributed by atoms with van der Waals surface area (Å²) in [6.45, 7) is 2.17. The van der Waals surface area contributed by atoms with Gasteiger partial charge in [-0.15, -0.1) is 0 Å². The zero-order valence-corrected chi connectivity index (χ0v) is 15.9. The molecule has 0 aliphatic carbocycles. The number of nitrogens with zero attached hydrogens (tertiary/aromatic N) is 1. The van der Waals surface area contributed by atoms with Gasteiger partial charge < -0.3 is 14.8 Å². The molecule has 0 atom stereocenters. The Balaban J connectivity index is 1.69. The summed E-state index contributed by atoms with van der Waals surface area (Å²) in [7, 11) is 2.91. The summed E-state index contributed by atoms with van der Waals surface area (Å²) in [5, 5.41) is 6.35. The van der Waals surface area contributed by atoms with E-state index in [1.807, 2.05) is 36.4 Å². The van der Waals surface area contributed by atoms with Gasteiger partial charge in [0.2, 0.25) is 0 Å². The first-order valence-electron chi connectivity index (χ1n) is 8.67. The van der Waals surface area contributed by atoms with Crippen LogP contribution in [0.1, 0.15) is 21.6 Å². The average molecular weight is 379 g/mol. The van der Waals surface area contributed by atoms with Gasteiger partial charge in [0.25, 0.3) is 5.91 Å². The largest absolute Gasteiger partial charge is 0.497 e. The van der Waals surface area contributed by atoms with Gasteiger partial charge in [-0.3, -0.25) is 15.1 Å². The zero-order chi connectivity index (χ0) is 20.1. The van der Waals surface area contributed by atoms with E-state index in [4.69, 9.17) is 4.74 Å². The van der Waals surface area contributed by atoms with Crippen LogP contribution in [0, 0.1) is 6.92 Å². The van der Waals surface area contributed by atoms with E-state index in [-0.39, 0.29) is 5.91 Å². The zero-order valence-electron chi connectivity index (χ0n) is 15.9. The number of nitrogens with one attached hydrogen (secondary N) is 2. The van der Waals surface area contributed by atoms with Crippen LogP contribution in [0.2, 0.25) is 0 Å². The van der Waals surface area contributed by atoms with Crippen molar-refractivity contribution in [1.82, 2.24) is 10.3 Å². The van der Waals surface area contributed by atoms with E-state index >= 15 is 0 Å². The monoisotopic (exact) mass is 379 g/mol. The molecular weight excluding hydrogens is 358 g/mol. The number of aromatic nitrogens is 1. The van der Waals surface area contributed by atoms with Crippen molar-refractivity contribution in [3.8, 4) is 5.75 Å². The van der Waals surface area contributed by atoms with Gasteiger partial charge in [-0.25, -0.2) is 4.79 Å². The van der Waals surface area contributed by atoms with Crippen molar-refractivity contribution in [3.63, 3.8) is 0 Å². The van der Waals surface area contributed by atoms with Gasteiger partial charge in [-0.05, 0) is 42.8 Å². The third-order valence-electron chi connectivity index (χ3n) is 4.30. The van der Waals surface area contributed by atoms with Crippen LogP contribution < -0.4 is 15.4 Å². The highest BCUT2D eigenvalue weighted by molar-refractivity contribution is 5.98. The summed E-state index contributed by atoms with van der Waals surface area (Å²) >= 11 is 0. The summed E-state index contributed by atoms with van der Waals surface area (Å²) in [5.41, 5.74) is 3.48. The summed E-state index contributed by atoms with van der Waals surface area (Å²) in [6, 6.07) is 14.5. The highest BCUT2D eigenvalue weighted by Gasteiger charge is 2.12. The second-order valence-corrected chi connectivity index (χ2v) is 6.18. The summed E-state index contributed by atoms with van der Waals surface area (Å²) < 4.78 is 9.76. The number of carbonyl (C=O) groups excluding carboxylic acids is 2. The number of fused-ring (bicyclic) bond motifs is 1. The van der Waals surface area contributed by atoms with E-state index in [1.54, 1.807) is 26.2 Å². The minimum atomic E-state index is -0.530. The van der Waals surface area contributed by atoms with Gasteiger partial charge in [0.05, 0.1) is 31.0 Å². The van der Waals surface area contributed by atoms with Gasteiger partial charge in [0.15, 0.2) is 0 Å². The first-order chi connectivity index (χ1) is 13.5. The van der Waals surface area contributed by atoms with Crippen molar-refractivity contribution < 1.29 is 19.1 Å². The quantitative estimate of drug-likeness (QED) is 0.706. The Morgan fingerprint density at radius 3 is 2.46 bits per heavy atom. The summed E-state index contributed by atoms with van der Waals surface area (Å²) in [6.07, 6.45) is -0.530. The Morgan fingerprint density at radius 1 is 1.04 bits per heavy atom. The molecule has 2 N–H and O–H groups in total. The van der Waals surface area contributed by atoms with Crippen LogP contribution in [-0.2, 0) is 11.3 Å². The minimum absolute atomic E-state index is 0.195. The predicted molar refractivity (Wildman–Crippen MR) is 107 cm³/mol. The van der Waals surface area contributed by atoms with Crippen molar-refractivity contribution >= 4 is 28.6 Å². The lowest BCUT2D eigenvalue weighted by atomic mass is 10.1. The van der Waals surface area contributed by atoms with E-state index in [0.29, 0.717) is 23.5 Å². The highest BCUT2D eigenvalue weighted by Crippen LogP contribution is 2.21. The topological polar surface area (TPSA) is 89.6 Å². The molecule has 3 rings (SSSR count). The van der Waals surface area contributed by atoms with Crippen LogP contribution in [0.25, 0.3) is 10.9 Å². The van der Waals surface area contributed by atoms with Crippen molar-refractivity contribution in [3.05, 3.63) is 65.4 Å². The van der Waals surface area contributed by atoms with Crippen molar-refractivity contribution in [2.45, 2.75) is 13.5 Å². The molecule has 7 nitrogen and oxygen atoms in total. The van der Waals surface area contributed by atoms with Crippen LogP contribution >= 0.6 is 0 Å². The Kier molecular flexibility index (Phi) is 5.74. The molecule has 0 radical (unpaired) electrons. The molecule has 7 heteroatoms. The number of hydrogen-bond donors (Lipinski definition) is 2.